The maximum Gasteiger partial charge on any atom is 0.147 e. The normalized spacial score (nSPS) is 15.6. The largest absolute Gasteiger partial charge is 0.312 e. The first-order chi connectivity index (χ1) is 8.06. The summed E-state index contributed by atoms with van der Waals surface area (Å²) in [5.74, 6) is 0.287. The highest BCUT2D eigenvalue weighted by Crippen LogP contribution is 2.20. The molecule has 4 heteroatoms. The summed E-state index contributed by atoms with van der Waals surface area (Å²) in [5, 5.41) is 3.35. The van der Waals surface area contributed by atoms with Crippen LogP contribution in [-0.4, -0.2) is 27.0 Å². The molecule has 0 saturated heterocycles. The molecule has 0 amide bonds. The SMILES string of the molecule is CS(=O)(=O)CCCc1cccc2c1CCNC2. The number of nitrogens with one attached hydrogen (secondary N) is 1. The molecule has 0 bridgehead atoms. The molecule has 17 heavy (non-hydrogen) atoms. The van der Waals surface area contributed by atoms with Crippen LogP contribution in [0.3, 0.4) is 0 Å². The van der Waals surface area contributed by atoms with E-state index < -0.39 is 9.84 Å². The highest BCUT2D eigenvalue weighted by Gasteiger charge is 2.12. The summed E-state index contributed by atoms with van der Waals surface area (Å²) in [6, 6.07) is 6.36. The zero-order chi connectivity index (χ0) is 12.3. The van der Waals surface area contributed by atoms with Gasteiger partial charge in [-0.05, 0) is 42.5 Å². The molecule has 94 valence electrons. The van der Waals surface area contributed by atoms with Crippen molar-refractivity contribution in [3.8, 4) is 0 Å². The Morgan fingerprint density at radius 2 is 2.18 bits per heavy atom. The summed E-state index contributed by atoms with van der Waals surface area (Å²) in [6.07, 6.45) is 3.96. The lowest BCUT2D eigenvalue weighted by Crippen LogP contribution is -2.24. The average molecular weight is 253 g/mol. The molecule has 0 spiro atoms. The summed E-state index contributed by atoms with van der Waals surface area (Å²) in [4.78, 5) is 0. The van der Waals surface area contributed by atoms with Crippen LogP contribution < -0.4 is 5.32 Å². The Labute approximate surface area is 103 Å². The van der Waals surface area contributed by atoms with E-state index in [9.17, 15) is 8.42 Å². The van der Waals surface area contributed by atoms with E-state index in [-0.39, 0.29) is 5.75 Å². The van der Waals surface area contributed by atoms with E-state index in [1.165, 1.54) is 22.9 Å². The van der Waals surface area contributed by atoms with Gasteiger partial charge in [-0.15, -0.1) is 0 Å². The lowest BCUT2D eigenvalue weighted by atomic mass is 9.93. The first-order valence-corrected chi connectivity index (χ1v) is 8.10. The van der Waals surface area contributed by atoms with Crippen molar-refractivity contribution in [2.24, 2.45) is 0 Å². The summed E-state index contributed by atoms with van der Waals surface area (Å²) >= 11 is 0. The molecule has 1 aromatic rings. The third-order valence-electron chi connectivity index (χ3n) is 3.20. The van der Waals surface area contributed by atoms with Gasteiger partial charge in [0.05, 0.1) is 5.75 Å². The summed E-state index contributed by atoms with van der Waals surface area (Å²) < 4.78 is 22.2. The van der Waals surface area contributed by atoms with Crippen molar-refractivity contribution in [1.29, 1.82) is 0 Å². The van der Waals surface area contributed by atoms with Gasteiger partial charge in [0.15, 0.2) is 0 Å². The monoisotopic (exact) mass is 253 g/mol. The van der Waals surface area contributed by atoms with Gasteiger partial charge < -0.3 is 5.32 Å². The van der Waals surface area contributed by atoms with Crippen LogP contribution >= 0.6 is 0 Å². The Balaban J connectivity index is 2.06. The van der Waals surface area contributed by atoms with Crippen molar-refractivity contribution >= 4 is 9.84 Å². The number of aryl methyl sites for hydroxylation is 1. The molecule has 1 heterocycles. The molecule has 0 atom stereocenters. The standard InChI is InChI=1S/C13H19NO2S/c1-17(15,16)9-3-6-11-4-2-5-12-10-14-8-7-13(11)12/h2,4-5,14H,3,6-10H2,1H3. The highest BCUT2D eigenvalue weighted by atomic mass is 32.2. The van der Waals surface area contributed by atoms with Crippen molar-refractivity contribution in [3.63, 3.8) is 0 Å². The maximum atomic E-state index is 11.1. The summed E-state index contributed by atoms with van der Waals surface area (Å²) in [6.45, 7) is 1.96. The van der Waals surface area contributed by atoms with Crippen molar-refractivity contribution < 1.29 is 8.42 Å². The molecule has 0 aromatic heterocycles. The molecule has 1 aromatic carbocycles. The minimum Gasteiger partial charge on any atom is -0.312 e. The number of benzene rings is 1. The Morgan fingerprint density at radius 1 is 1.35 bits per heavy atom. The Kier molecular flexibility index (Phi) is 3.84. The maximum absolute atomic E-state index is 11.1. The van der Waals surface area contributed by atoms with E-state index in [0.717, 1.165) is 32.4 Å². The smallest absolute Gasteiger partial charge is 0.147 e. The van der Waals surface area contributed by atoms with Crippen molar-refractivity contribution in [2.75, 3.05) is 18.6 Å². The fourth-order valence-corrected chi connectivity index (χ4v) is 3.04. The third-order valence-corrected chi connectivity index (χ3v) is 4.23. The van der Waals surface area contributed by atoms with Crippen LogP contribution in [0.15, 0.2) is 18.2 Å². The highest BCUT2D eigenvalue weighted by molar-refractivity contribution is 7.90. The topological polar surface area (TPSA) is 46.2 Å². The van der Waals surface area contributed by atoms with E-state index in [1.807, 2.05) is 0 Å². The minimum absolute atomic E-state index is 0.287. The van der Waals surface area contributed by atoms with Crippen molar-refractivity contribution in [1.82, 2.24) is 5.32 Å². The Hall–Kier alpha value is -0.870. The Morgan fingerprint density at radius 3 is 2.94 bits per heavy atom. The fraction of sp³-hybridized carbons (Fsp3) is 0.538. The molecule has 3 nitrogen and oxygen atoms in total. The van der Waals surface area contributed by atoms with Crippen LogP contribution in [-0.2, 0) is 29.2 Å². The zero-order valence-electron chi connectivity index (χ0n) is 10.2. The number of hydrogen-bond acceptors (Lipinski definition) is 3. The second-order valence-corrected chi connectivity index (χ2v) is 6.97. The van der Waals surface area contributed by atoms with E-state index in [0.29, 0.717) is 0 Å². The van der Waals surface area contributed by atoms with Gasteiger partial charge >= 0.3 is 0 Å². The van der Waals surface area contributed by atoms with Gasteiger partial charge in [-0.1, -0.05) is 18.2 Å². The molecule has 0 aliphatic carbocycles. The first-order valence-electron chi connectivity index (χ1n) is 6.04. The minimum atomic E-state index is -2.83. The van der Waals surface area contributed by atoms with Gasteiger partial charge in [-0.3, -0.25) is 0 Å². The van der Waals surface area contributed by atoms with Crippen molar-refractivity contribution in [3.05, 3.63) is 34.9 Å². The fourth-order valence-electron chi connectivity index (χ4n) is 2.37. The van der Waals surface area contributed by atoms with Crippen LogP contribution in [0, 0.1) is 0 Å². The van der Waals surface area contributed by atoms with Gasteiger partial charge in [-0.25, -0.2) is 8.42 Å². The van der Waals surface area contributed by atoms with Crippen molar-refractivity contribution in [2.45, 2.75) is 25.8 Å². The van der Waals surface area contributed by atoms with Crippen LogP contribution in [0.1, 0.15) is 23.1 Å². The number of fused-ring (bicyclic) bond motifs is 1. The van der Waals surface area contributed by atoms with Crippen LogP contribution in [0.4, 0.5) is 0 Å². The molecule has 1 aliphatic heterocycles. The van der Waals surface area contributed by atoms with E-state index >= 15 is 0 Å². The summed E-state index contributed by atoms with van der Waals surface area (Å²) in [5.41, 5.74) is 4.13. The lowest BCUT2D eigenvalue weighted by Gasteiger charge is -2.20. The third kappa shape index (κ3) is 3.54. The first kappa shape index (κ1) is 12.6. The molecule has 0 unspecified atom stereocenters. The van der Waals surface area contributed by atoms with Crippen LogP contribution in [0.5, 0.6) is 0 Å². The molecule has 0 fully saturated rings. The molecule has 0 saturated carbocycles. The van der Waals surface area contributed by atoms with Gasteiger partial charge in [-0.2, -0.15) is 0 Å². The average Bonchev–Trinajstić information content (AvgIpc) is 2.28. The van der Waals surface area contributed by atoms with Crippen LogP contribution in [0.2, 0.25) is 0 Å². The summed E-state index contributed by atoms with van der Waals surface area (Å²) in [7, 11) is -2.83. The second-order valence-electron chi connectivity index (χ2n) is 4.72. The van der Waals surface area contributed by atoms with Gasteiger partial charge in [0.1, 0.15) is 9.84 Å². The van der Waals surface area contributed by atoms with Gasteiger partial charge in [0.25, 0.3) is 0 Å². The molecule has 2 rings (SSSR count). The number of rotatable bonds is 4. The molecular weight excluding hydrogens is 234 g/mol. The van der Waals surface area contributed by atoms with E-state index in [4.69, 9.17) is 0 Å². The number of hydrogen-bond donors (Lipinski definition) is 1. The molecule has 1 N–H and O–H groups in total. The predicted octanol–water partition coefficient (Wildman–Crippen LogP) is 1.31. The van der Waals surface area contributed by atoms with Gasteiger partial charge in [0, 0.05) is 12.8 Å². The lowest BCUT2D eigenvalue weighted by molar-refractivity contribution is 0.598. The second kappa shape index (κ2) is 5.19. The molecule has 0 radical (unpaired) electrons. The molecular formula is C13H19NO2S. The van der Waals surface area contributed by atoms with E-state index in [1.54, 1.807) is 0 Å². The zero-order valence-corrected chi connectivity index (χ0v) is 11.0. The number of sulfone groups is 1. The quantitative estimate of drug-likeness (QED) is 0.880. The van der Waals surface area contributed by atoms with Gasteiger partial charge in [0.2, 0.25) is 0 Å². The predicted molar refractivity (Wildman–Crippen MR) is 69.9 cm³/mol. The van der Waals surface area contributed by atoms with E-state index in [2.05, 4.69) is 23.5 Å². The molecule has 1 aliphatic rings. The van der Waals surface area contributed by atoms with Crippen LogP contribution in [0.25, 0.3) is 0 Å². The Bertz CT molecular complexity index is 494.